The Kier molecular flexibility index (Phi) is 6.03. The summed E-state index contributed by atoms with van der Waals surface area (Å²) in [5.74, 6) is -0.253. The molecule has 1 N–H and O–H groups in total. The van der Waals surface area contributed by atoms with Crippen molar-refractivity contribution >= 4 is 17.5 Å². The van der Waals surface area contributed by atoms with Crippen molar-refractivity contribution in [3.63, 3.8) is 0 Å². The summed E-state index contributed by atoms with van der Waals surface area (Å²) in [5.41, 5.74) is 1.63. The number of benzene rings is 1. The number of hydrogen-bond donors (Lipinski definition) is 1. The summed E-state index contributed by atoms with van der Waals surface area (Å²) in [5, 5.41) is 2.70. The van der Waals surface area contributed by atoms with E-state index in [0.717, 1.165) is 5.69 Å². The van der Waals surface area contributed by atoms with Gasteiger partial charge in [0.05, 0.1) is 6.54 Å². The molecule has 0 radical (unpaired) electrons. The first-order chi connectivity index (χ1) is 9.49. The molecule has 0 atom stereocenters. The summed E-state index contributed by atoms with van der Waals surface area (Å²) in [6.45, 7) is 4.90. The third-order valence-electron chi connectivity index (χ3n) is 3.01. The molecular weight excluding hydrogens is 254 g/mol. The fourth-order valence-electron chi connectivity index (χ4n) is 1.84. The molecule has 1 rings (SSSR count). The maximum atomic E-state index is 12.3. The molecule has 0 aliphatic carbocycles. The van der Waals surface area contributed by atoms with Gasteiger partial charge in [0.2, 0.25) is 5.91 Å². The minimum absolute atomic E-state index is 0.0958. The van der Waals surface area contributed by atoms with Gasteiger partial charge in [0.15, 0.2) is 0 Å². The van der Waals surface area contributed by atoms with Crippen LogP contribution in [0.5, 0.6) is 0 Å². The second kappa shape index (κ2) is 7.53. The van der Waals surface area contributed by atoms with Gasteiger partial charge < -0.3 is 15.1 Å². The summed E-state index contributed by atoms with van der Waals surface area (Å²) in [7, 11) is 3.90. The van der Waals surface area contributed by atoms with E-state index in [1.807, 2.05) is 45.0 Å². The van der Waals surface area contributed by atoms with E-state index in [4.69, 9.17) is 0 Å². The predicted molar refractivity (Wildman–Crippen MR) is 81.0 cm³/mol. The SMILES string of the molecule is CCNC(=O)CN(CC)C(=O)c1ccc(N(C)C)cc1. The highest BCUT2D eigenvalue weighted by molar-refractivity contribution is 5.96. The molecule has 0 spiro atoms. The molecule has 2 amide bonds. The largest absolute Gasteiger partial charge is 0.378 e. The second-order valence-corrected chi connectivity index (χ2v) is 4.71. The summed E-state index contributed by atoms with van der Waals surface area (Å²) >= 11 is 0. The van der Waals surface area contributed by atoms with Gasteiger partial charge in [-0.3, -0.25) is 9.59 Å². The van der Waals surface area contributed by atoms with Gasteiger partial charge in [-0.2, -0.15) is 0 Å². The molecule has 0 saturated carbocycles. The van der Waals surface area contributed by atoms with Crippen LogP contribution in [0.3, 0.4) is 0 Å². The molecule has 0 heterocycles. The summed E-state index contributed by atoms with van der Waals surface area (Å²) < 4.78 is 0. The lowest BCUT2D eigenvalue weighted by atomic mass is 10.1. The van der Waals surface area contributed by atoms with Gasteiger partial charge in [-0.1, -0.05) is 0 Å². The molecule has 5 heteroatoms. The van der Waals surface area contributed by atoms with E-state index in [9.17, 15) is 9.59 Å². The molecule has 0 unspecified atom stereocenters. The Labute approximate surface area is 120 Å². The topological polar surface area (TPSA) is 52.7 Å². The molecule has 5 nitrogen and oxygen atoms in total. The predicted octanol–water partition coefficient (Wildman–Crippen LogP) is 1.35. The van der Waals surface area contributed by atoms with Crippen LogP contribution >= 0.6 is 0 Å². The number of carbonyl (C=O) groups is 2. The third kappa shape index (κ3) is 4.26. The van der Waals surface area contributed by atoms with Crippen LogP contribution < -0.4 is 10.2 Å². The summed E-state index contributed by atoms with van der Waals surface area (Å²) in [6.07, 6.45) is 0. The Morgan fingerprint density at radius 1 is 1.10 bits per heavy atom. The lowest BCUT2D eigenvalue weighted by Crippen LogP contribution is -2.40. The van der Waals surface area contributed by atoms with E-state index < -0.39 is 0 Å². The Bertz CT molecular complexity index is 455. The van der Waals surface area contributed by atoms with Crippen molar-refractivity contribution in [2.75, 3.05) is 38.6 Å². The highest BCUT2D eigenvalue weighted by Crippen LogP contribution is 2.13. The van der Waals surface area contributed by atoms with Gasteiger partial charge in [-0.05, 0) is 38.1 Å². The van der Waals surface area contributed by atoms with Gasteiger partial charge >= 0.3 is 0 Å². The Morgan fingerprint density at radius 2 is 1.70 bits per heavy atom. The van der Waals surface area contributed by atoms with Gasteiger partial charge in [-0.15, -0.1) is 0 Å². The van der Waals surface area contributed by atoms with Crippen LogP contribution in [0.4, 0.5) is 5.69 Å². The Balaban J connectivity index is 2.77. The van der Waals surface area contributed by atoms with Crippen LogP contribution in [-0.4, -0.2) is 50.4 Å². The van der Waals surface area contributed by atoms with E-state index in [1.54, 1.807) is 12.1 Å². The zero-order chi connectivity index (χ0) is 15.1. The molecule has 0 aromatic heterocycles. The zero-order valence-corrected chi connectivity index (χ0v) is 12.6. The van der Waals surface area contributed by atoms with Gasteiger partial charge in [0, 0.05) is 38.4 Å². The first-order valence-corrected chi connectivity index (χ1v) is 6.83. The molecular formula is C15H23N3O2. The van der Waals surface area contributed by atoms with Crippen molar-refractivity contribution in [1.29, 1.82) is 0 Å². The second-order valence-electron chi connectivity index (χ2n) is 4.71. The normalized spacial score (nSPS) is 10.0. The first kappa shape index (κ1) is 16.0. The Hall–Kier alpha value is -2.04. The number of nitrogens with zero attached hydrogens (tertiary/aromatic N) is 2. The highest BCUT2D eigenvalue weighted by atomic mass is 16.2. The van der Waals surface area contributed by atoms with Crippen molar-refractivity contribution in [2.45, 2.75) is 13.8 Å². The molecule has 20 heavy (non-hydrogen) atoms. The smallest absolute Gasteiger partial charge is 0.254 e. The van der Waals surface area contributed by atoms with Gasteiger partial charge in [0.25, 0.3) is 5.91 Å². The molecule has 0 fully saturated rings. The number of carbonyl (C=O) groups excluding carboxylic acids is 2. The Morgan fingerprint density at radius 3 is 2.15 bits per heavy atom. The van der Waals surface area contributed by atoms with Crippen molar-refractivity contribution in [1.82, 2.24) is 10.2 Å². The molecule has 0 bridgehead atoms. The number of amides is 2. The maximum absolute atomic E-state index is 12.3. The number of likely N-dealkylation sites (N-methyl/N-ethyl adjacent to an activating group) is 2. The fourth-order valence-corrected chi connectivity index (χ4v) is 1.84. The average molecular weight is 277 g/mol. The van der Waals surface area contributed by atoms with E-state index in [0.29, 0.717) is 18.7 Å². The van der Waals surface area contributed by atoms with E-state index in [2.05, 4.69) is 5.32 Å². The summed E-state index contributed by atoms with van der Waals surface area (Å²) in [6, 6.07) is 7.37. The number of hydrogen-bond acceptors (Lipinski definition) is 3. The van der Waals surface area contributed by atoms with Crippen LogP contribution in [0.1, 0.15) is 24.2 Å². The van der Waals surface area contributed by atoms with Crippen LogP contribution in [0.25, 0.3) is 0 Å². The standard InChI is InChI=1S/C15H23N3O2/c1-5-16-14(19)11-18(6-2)15(20)12-7-9-13(10-8-12)17(3)4/h7-10H,5-6,11H2,1-4H3,(H,16,19). The van der Waals surface area contributed by atoms with Crippen molar-refractivity contribution in [3.8, 4) is 0 Å². The van der Waals surface area contributed by atoms with E-state index >= 15 is 0 Å². The monoisotopic (exact) mass is 277 g/mol. The van der Waals surface area contributed by atoms with Crippen LogP contribution in [0.15, 0.2) is 24.3 Å². The van der Waals surface area contributed by atoms with Crippen molar-refractivity contribution < 1.29 is 9.59 Å². The number of anilines is 1. The van der Waals surface area contributed by atoms with Crippen LogP contribution in [0.2, 0.25) is 0 Å². The molecule has 0 saturated heterocycles. The van der Waals surface area contributed by atoms with E-state index in [-0.39, 0.29) is 18.4 Å². The fraction of sp³-hybridized carbons (Fsp3) is 0.467. The number of rotatable bonds is 6. The molecule has 1 aromatic rings. The lowest BCUT2D eigenvalue weighted by Gasteiger charge is -2.20. The minimum atomic E-state index is -0.132. The van der Waals surface area contributed by atoms with Crippen molar-refractivity contribution in [3.05, 3.63) is 29.8 Å². The highest BCUT2D eigenvalue weighted by Gasteiger charge is 2.16. The maximum Gasteiger partial charge on any atom is 0.254 e. The third-order valence-corrected chi connectivity index (χ3v) is 3.01. The van der Waals surface area contributed by atoms with Crippen LogP contribution in [0, 0.1) is 0 Å². The molecule has 0 aliphatic heterocycles. The quantitative estimate of drug-likeness (QED) is 0.854. The number of nitrogens with one attached hydrogen (secondary N) is 1. The van der Waals surface area contributed by atoms with Gasteiger partial charge in [0.1, 0.15) is 0 Å². The lowest BCUT2D eigenvalue weighted by molar-refractivity contribution is -0.121. The van der Waals surface area contributed by atoms with Gasteiger partial charge in [-0.25, -0.2) is 0 Å². The summed E-state index contributed by atoms with van der Waals surface area (Å²) in [4.78, 5) is 27.4. The molecule has 1 aromatic carbocycles. The first-order valence-electron chi connectivity index (χ1n) is 6.83. The van der Waals surface area contributed by atoms with Crippen LogP contribution in [-0.2, 0) is 4.79 Å². The zero-order valence-electron chi connectivity index (χ0n) is 12.6. The molecule has 0 aliphatic rings. The van der Waals surface area contributed by atoms with Crippen molar-refractivity contribution in [2.24, 2.45) is 0 Å². The van der Waals surface area contributed by atoms with E-state index in [1.165, 1.54) is 4.90 Å². The average Bonchev–Trinajstić information content (AvgIpc) is 2.44. The minimum Gasteiger partial charge on any atom is -0.378 e. The molecule has 110 valence electrons.